The van der Waals surface area contributed by atoms with Gasteiger partial charge in [0.15, 0.2) is 11.5 Å². The molecule has 1 amide bonds. The number of aliphatic hydroxyl groups excluding tert-OH is 1. The highest BCUT2D eigenvalue weighted by molar-refractivity contribution is 9.10. The largest absolute Gasteiger partial charge is 0.503 e. The molecule has 2 aliphatic rings. The molecule has 30 heavy (non-hydrogen) atoms. The lowest BCUT2D eigenvalue weighted by atomic mass is 9.97. The summed E-state index contributed by atoms with van der Waals surface area (Å²) < 4.78 is 6.68. The monoisotopic (exact) mass is 485 g/mol. The Hall–Kier alpha value is -2.38. The van der Waals surface area contributed by atoms with E-state index >= 15 is 0 Å². The summed E-state index contributed by atoms with van der Waals surface area (Å²) in [7, 11) is 0. The first-order chi connectivity index (χ1) is 14.5. The zero-order chi connectivity index (χ0) is 21.0. The average Bonchev–Trinajstić information content (AvgIpc) is 3.49. The fourth-order valence-electron chi connectivity index (χ4n) is 4.59. The minimum Gasteiger partial charge on any atom is -0.503 e. The SMILES string of the molecule is Cc1ccsc1C1C(C(=O)c2cc3cc(Br)ccc3o2)=C(O)C(=O)N1C1CCCC1. The number of hydrogen-bond acceptors (Lipinski definition) is 5. The van der Waals surface area contributed by atoms with E-state index in [-0.39, 0.29) is 17.4 Å². The molecule has 0 radical (unpaired) electrons. The molecule has 0 saturated heterocycles. The second kappa shape index (κ2) is 7.39. The highest BCUT2D eigenvalue weighted by Crippen LogP contribution is 2.46. The van der Waals surface area contributed by atoms with Crippen LogP contribution in [0.25, 0.3) is 11.0 Å². The standard InChI is InChI=1S/C23H20BrNO4S/c1-12-8-9-30-22(12)19-18(21(27)23(28)25(19)15-4-2-3-5-15)20(26)17-11-13-10-14(24)6-7-16(13)29-17/h6-11,15,19,27H,2-5H2,1H3. The number of carbonyl (C=O) groups excluding carboxylic acids is 2. The molecule has 1 atom stereocenters. The Kier molecular flexibility index (Phi) is 4.82. The molecule has 3 heterocycles. The summed E-state index contributed by atoms with van der Waals surface area (Å²) in [5.41, 5.74) is 1.72. The molecule has 1 fully saturated rings. The lowest BCUT2D eigenvalue weighted by Crippen LogP contribution is -2.38. The van der Waals surface area contributed by atoms with Crippen LogP contribution in [0.4, 0.5) is 0 Å². The number of thiophene rings is 1. The minimum atomic E-state index is -0.576. The van der Waals surface area contributed by atoms with E-state index in [4.69, 9.17) is 4.42 Å². The number of aryl methyl sites for hydroxylation is 1. The smallest absolute Gasteiger partial charge is 0.290 e. The molecule has 1 saturated carbocycles. The summed E-state index contributed by atoms with van der Waals surface area (Å²) in [5, 5.41) is 13.6. The number of nitrogens with zero attached hydrogens (tertiary/aromatic N) is 1. The van der Waals surface area contributed by atoms with Gasteiger partial charge in [0.2, 0.25) is 5.78 Å². The quantitative estimate of drug-likeness (QED) is 0.454. The number of rotatable bonds is 4. The van der Waals surface area contributed by atoms with E-state index < -0.39 is 23.5 Å². The fourth-order valence-corrected chi connectivity index (χ4v) is 6.01. The van der Waals surface area contributed by atoms with Crippen LogP contribution in [0.1, 0.15) is 52.7 Å². The van der Waals surface area contributed by atoms with Crippen LogP contribution in [0.15, 0.2) is 55.9 Å². The van der Waals surface area contributed by atoms with Crippen LogP contribution in [-0.4, -0.2) is 27.7 Å². The van der Waals surface area contributed by atoms with E-state index in [1.54, 1.807) is 17.0 Å². The van der Waals surface area contributed by atoms with Gasteiger partial charge >= 0.3 is 0 Å². The molecule has 0 spiro atoms. The number of Topliss-reactive ketones (excluding diaryl/α,β-unsaturated/α-hetero) is 1. The van der Waals surface area contributed by atoms with Crippen LogP contribution in [-0.2, 0) is 4.79 Å². The van der Waals surface area contributed by atoms with Crippen LogP contribution in [0.5, 0.6) is 0 Å². The molecule has 5 rings (SSSR count). The third kappa shape index (κ3) is 3.03. The van der Waals surface area contributed by atoms with Gasteiger partial charge in [-0.05, 0) is 61.0 Å². The third-order valence-electron chi connectivity index (χ3n) is 6.06. The topological polar surface area (TPSA) is 70.7 Å². The number of carbonyl (C=O) groups is 2. The number of hydrogen-bond donors (Lipinski definition) is 1. The van der Waals surface area contributed by atoms with Crippen molar-refractivity contribution in [1.29, 1.82) is 0 Å². The summed E-state index contributed by atoms with van der Waals surface area (Å²) in [6.07, 6.45) is 3.88. The molecular weight excluding hydrogens is 466 g/mol. The van der Waals surface area contributed by atoms with Crippen molar-refractivity contribution in [3.05, 3.63) is 67.7 Å². The molecule has 2 aromatic heterocycles. The van der Waals surface area contributed by atoms with Gasteiger partial charge in [-0.1, -0.05) is 28.8 Å². The normalized spacial score (nSPS) is 20.1. The number of aliphatic hydroxyl groups is 1. The van der Waals surface area contributed by atoms with Crippen molar-refractivity contribution in [2.24, 2.45) is 0 Å². The summed E-state index contributed by atoms with van der Waals surface area (Å²) >= 11 is 4.93. The second-order valence-corrected chi connectivity index (χ2v) is 9.77. The van der Waals surface area contributed by atoms with E-state index in [1.165, 1.54) is 11.3 Å². The maximum atomic E-state index is 13.5. The molecule has 1 aromatic carbocycles. The van der Waals surface area contributed by atoms with Gasteiger partial charge in [0.25, 0.3) is 5.91 Å². The van der Waals surface area contributed by atoms with Gasteiger partial charge in [-0.15, -0.1) is 11.3 Å². The molecular formula is C23H20BrNO4S. The van der Waals surface area contributed by atoms with Crippen LogP contribution >= 0.6 is 27.3 Å². The summed E-state index contributed by atoms with van der Waals surface area (Å²) in [6, 6.07) is 8.61. The molecule has 154 valence electrons. The third-order valence-corrected chi connectivity index (χ3v) is 7.62. The van der Waals surface area contributed by atoms with E-state index in [2.05, 4.69) is 15.9 Å². The van der Waals surface area contributed by atoms with Gasteiger partial charge in [0, 0.05) is 20.8 Å². The first-order valence-corrected chi connectivity index (χ1v) is 11.7. The number of benzene rings is 1. The molecule has 1 aliphatic heterocycles. The zero-order valence-corrected chi connectivity index (χ0v) is 18.8. The highest BCUT2D eigenvalue weighted by Gasteiger charge is 2.48. The molecule has 5 nitrogen and oxygen atoms in total. The highest BCUT2D eigenvalue weighted by atomic mass is 79.9. The fraction of sp³-hybridized carbons (Fsp3) is 0.304. The van der Waals surface area contributed by atoms with Gasteiger partial charge in [0.1, 0.15) is 11.6 Å². The number of fused-ring (bicyclic) bond motifs is 1. The maximum Gasteiger partial charge on any atom is 0.290 e. The molecule has 7 heteroatoms. The van der Waals surface area contributed by atoms with Crippen LogP contribution in [0, 0.1) is 6.92 Å². The van der Waals surface area contributed by atoms with Crippen LogP contribution < -0.4 is 0 Å². The lowest BCUT2D eigenvalue weighted by molar-refractivity contribution is -0.131. The van der Waals surface area contributed by atoms with Gasteiger partial charge < -0.3 is 14.4 Å². The Morgan fingerprint density at radius 1 is 1.23 bits per heavy atom. The molecule has 3 aromatic rings. The molecule has 1 N–H and O–H groups in total. The van der Waals surface area contributed by atoms with E-state index in [0.29, 0.717) is 5.58 Å². The van der Waals surface area contributed by atoms with Crippen molar-refractivity contribution >= 4 is 49.9 Å². The Labute approximate surface area is 186 Å². The summed E-state index contributed by atoms with van der Waals surface area (Å²) in [4.78, 5) is 29.3. The molecule has 0 bridgehead atoms. The first kappa shape index (κ1) is 19.6. The van der Waals surface area contributed by atoms with Crippen molar-refractivity contribution in [1.82, 2.24) is 4.90 Å². The maximum absolute atomic E-state index is 13.5. The summed E-state index contributed by atoms with van der Waals surface area (Å²) in [5.74, 6) is -1.22. The predicted octanol–water partition coefficient (Wildman–Crippen LogP) is 6.09. The van der Waals surface area contributed by atoms with E-state index in [9.17, 15) is 14.7 Å². The zero-order valence-electron chi connectivity index (χ0n) is 16.4. The molecule has 1 unspecified atom stereocenters. The second-order valence-electron chi connectivity index (χ2n) is 7.91. The Balaban J connectivity index is 1.62. The lowest BCUT2D eigenvalue weighted by Gasteiger charge is -2.31. The van der Waals surface area contributed by atoms with Crippen molar-refractivity contribution in [3.63, 3.8) is 0 Å². The van der Waals surface area contributed by atoms with Crippen molar-refractivity contribution in [3.8, 4) is 0 Å². The Morgan fingerprint density at radius 2 is 2.00 bits per heavy atom. The van der Waals surface area contributed by atoms with Gasteiger partial charge in [-0.3, -0.25) is 9.59 Å². The minimum absolute atomic E-state index is 0.0306. The van der Waals surface area contributed by atoms with E-state index in [0.717, 1.165) is 46.0 Å². The number of amides is 1. The van der Waals surface area contributed by atoms with Crippen LogP contribution in [0.3, 0.4) is 0 Å². The van der Waals surface area contributed by atoms with Crippen molar-refractivity contribution in [2.75, 3.05) is 0 Å². The van der Waals surface area contributed by atoms with Crippen molar-refractivity contribution < 1.29 is 19.1 Å². The molecule has 1 aliphatic carbocycles. The van der Waals surface area contributed by atoms with Crippen LogP contribution in [0.2, 0.25) is 0 Å². The Morgan fingerprint density at radius 3 is 2.70 bits per heavy atom. The number of ketones is 1. The average molecular weight is 486 g/mol. The first-order valence-electron chi connectivity index (χ1n) is 9.99. The number of furan rings is 1. The summed E-state index contributed by atoms with van der Waals surface area (Å²) in [6.45, 7) is 1.97. The van der Waals surface area contributed by atoms with Gasteiger partial charge in [-0.25, -0.2) is 0 Å². The predicted molar refractivity (Wildman–Crippen MR) is 119 cm³/mol. The van der Waals surface area contributed by atoms with Crippen molar-refractivity contribution in [2.45, 2.75) is 44.7 Å². The Bertz CT molecular complexity index is 1200. The number of halogens is 1. The van der Waals surface area contributed by atoms with Gasteiger partial charge in [-0.2, -0.15) is 0 Å². The van der Waals surface area contributed by atoms with Gasteiger partial charge in [0.05, 0.1) is 5.57 Å². The van der Waals surface area contributed by atoms with E-state index in [1.807, 2.05) is 30.5 Å².